The molecule has 0 bridgehead atoms. The molecule has 0 aliphatic carbocycles. The van der Waals surface area contributed by atoms with E-state index in [1.807, 2.05) is 4.90 Å². The number of rotatable bonds is 6. The minimum atomic E-state index is -2.96. The minimum absolute atomic E-state index is 0.00349. The van der Waals surface area contributed by atoms with Gasteiger partial charge in [0.1, 0.15) is 5.75 Å². The van der Waals surface area contributed by atoms with Gasteiger partial charge in [-0.15, -0.1) is 0 Å². The number of ether oxygens (including phenoxy) is 1. The van der Waals surface area contributed by atoms with E-state index in [9.17, 15) is 13.6 Å². The molecule has 1 amide bonds. The predicted molar refractivity (Wildman–Crippen MR) is 94.2 cm³/mol. The Kier molecular flexibility index (Phi) is 6.22. The standard InChI is InChI=1S/C17H19ClF2N4O3/c1-10-21-16(27-23-10)11-4-6-24(7-5-11)9-15(25)22-12-2-3-14(13(18)8-12)26-17(19)20/h2-3,8,11,17H,4-7,9H2,1H3,(H,22,25). The average Bonchev–Trinajstić information content (AvgIpc) is 3.04. The molecular formula is C17H19ClF2N4O3. The summed E-state index contributed by atoms with van der Waals surface area (Å²) in [4.78, 5) is 18.5. The lowest BCUT2D eigenvalue weighted by Gasteiger charge is -2.29. The number of aryl methyl sites for hydroxylation is 1. The maximum atomic E-state index is 12.2. The van der Waals surface area contributed by atoms with E-state index < -0.39 is 6.61 Å². The van der Waals surface area contributed by atoms with Crippen molar-refractivity contribution >= 4 is 23.2 Å². The first-order valence-corrected chi connectivity index (χ1v) is 8.85. The lowest BCUT2D eigenvalue weighted by atomic mass is 9.97. The summed E-state index contributed by atoms with van der Waals surface area (Å²) in [6.45, 7) is 0.526. The van der Waals surface area contributed by atoms with E-state index in [4.69, 9.17) is 16.1 Å². The van der Waals surface area contributed by atoms with Crippen molar-refractivity contribution < 1.29 is 22.8 Å². The highest BCUT2D eigenvalue weighted by molar-refractivity contribution is 6.32. The number of benzene rings is 1. The van der Waals surface area contributed by atoms with Crippen molar-refractivity contribution in [1.29, 1.82) is 0 Å². The summed E-state index contributed by atoms with van der Waals surface area (Å²) in [7, 11) is 0. The maximum Gasteiger partial charge on any atom is 0.387 e. The van der Waals surface area contributed by atoms with Crippen molar-refractivity contribution in [3.8, 4) is 5.75 Å². The molecule has 10 heteroatoms. The van der Waals surface area contributed by atoms with E-state index in [0.717, 1.165) is 25.9 Å². The van der Waals surface area contributed by atoms with Gasteiger partial charge in [-0.1, -0.05) is 16.8 Å². The third-order valence-electron chi connectivity index (χ3n) is 4.28. The number of hydrogen-bond acceptors (Lipinski definition) is 6. The Morgan fingerprint density at radius 1 is 1.44 bits per heavy atom. The molecule has 0 spiro atoms. The summed E-state index contributed by atoms with van der Waals surface area (Å²) in [5.41, 5.74) is 0.419. The molecule has 1 aromatic carbocycles. The summed E-state index contributed by atoms with van der Waals surface area (Å²) in [5.74, 6) is 1.14. The molecular weight excluding hydrogens is 382 g/mol. The second-order valence-electron chi connectivity index (χ2n) is 6.30. The number of halogens is 3. The van der Waals surface area contributed by atoms with Crippen LogP contribution in [0.1, 0.15) is 30.5 Å². The van der Waals surface area contributed by atoms with Crippen molar-refractivity contribution in [1.82, 2.24) is 15.0 Å². The molecule has 0 unspecified atom stereocenters. The summed E-state index contributed by atoms with van der Waals surface area (Å²) in [6, 6.07) is 4.13. The molecule has 1 aliphatic rings. The topological polar surface area (TPSA) is 80.5 Å². The quantitative estimate of drug-likeness (QED) is 0.800. The van der Waals surface area contributed by atoms with E-state index in [1.54, 1.807) is 6.92 Å². The summed E-state index contributed by atoms with van der Waals surface area (Å²) >= 11 is 5.88. The molecule has 2 aromatic rings. The van der Waals surface area contributed by atoms with Gasteiger partial charge in [-0.25, -0.2) is 0 Å². The Morgan fingerprint density at radius 2 is 2.19 bits per heavy atom. The van der Waals surface area contributed by atoms with Crippen LogP contribution in [0.3, 0.4) is 0 Å². The zero-order valence-electron chi connectivity index (χ0n) is 14.6. The number of carbonyl (C=O) groups is 1. The van der Waals surface area contributed by atoms with E-state index in [0.29, 0.717) is 17.4 Å². The van der Waals surface area contributed by atoms with Crippen LogP contribution < -0.4 is 10.1 Å². The largest absolute Gasteiger partial charge is 0.433 e. The first-order chi connectivity index (χ1) is 12.9. The van der Waals surface area contributed by atoms with Gasteiger partial charge in [-0.3, -0.25) is 9.69 Å². The van der Waals surface area contributed by atoms with Gasteiger partial charge in [-0.2, -0.15) is 13.8 Å². The Bertz CT molecular complexity index is 794. The molecule has 0 atom stereocenters. The van der Waals surface area contributed by atoms with Gasteiger partial charge in [-0.05, 0) is 51.1 Å². The summed E-state index contributed by atoms with van der Waals surface area (Å²) < 4.78 is 34.0. The highest BCUT2D eigenvalue weighted by Gasteiger charge is 2.25. The lowest BCUT2D eigenvalue weighted by molar-refractivity contribution is -0.117. The van der Waals surface area contributed by atoms with Gasteiger partial charge in [0.05, 0.1) is 11.6 Å². The van der Waals surface area contributed by atoms with Gasteiger partial charge >= 0.3 is 6.61 Å². The third kappa shape index (κ3) is 5.36. The van der Waals surface area contributed by atoms with Crippen molar-refractivity contribution in [2.24, 2.45) is 0 Å². The fourth-order valence-electron chi connectivity index (χ4n) is 2.99. The van der Waals surface area contributed by atoms with Crippen molar-refractivity contribution in [2.75, 3.05) is 25.0 Å². The predicted octanol–water partition coefficient (Wildman–Crippen LogP) is 3.45. The van der Waals surface area contributed by atoms with Crippen LogP contribution in [0.4, 0.5) is 14.5 Å². The first kappa shape index (κ1) is 19.5. The molecule has 3 rings (SSSR count). The molecule has 1 saturated heterocycles. The number of piperidine rings is 1. The Labute approximate surface area is 159 Å². The molecule has 146 valence electrons. The molecule has 1 aromatic heterocycles. The summed E-state index contributed by atoms with van der Waals surface area (Å²) in [6.07, 6.45) is 1.67. The van der Waals surface area contributed by atoms with Gasteiger partial charge in [0.15, 0.2) is 5.82 Å². The van der Waals surface area contributed by atoms with Gasteiger partial charge in [0, 0.05) is 11.6 Å². The van der Waals surface area contributed by atoms with E-state index in [1.165, 1.54) is 18.2 Å². The van der Waals surface area contributed by atoms with Crippen molar-refractivity contribution in [2.45, 2.75) is 32.3 Å². The van der Waals surface area contributed by atoms with Gasteiger partial charge in [0.25, 0.3) is 0 Å². The van der Waals surface area contributed by atoms with E-state index in [2.05, 4.69) is 20.2 Å². The molecule has 0 saturated carbocycles. The van der Waals surface area contributed by atoms with Crippen LogP contribution in [-0.4, -0.2) is 47.2 Å². The zero-order chi connectivity index (χ0) is 19.4. The van der Waals surface area contributed by atoms with Crippen LogP contribution >= 0.6 is 11.6 Å². The highest BCUT2D eigenvalue weighted by atomic mass is 35.5. The Morgan fingerprint density at radius 3 is 2.78 bits per heavy atom. The van der Waals surface area contributed by atoms with Crippen molar-refractivity contribution in [3.63, 3.8) is 0 Å². The molecule has 27 heavy (non-hydrogen) atoms. The van der Waals surface area contributed by atoms with Crippen molar-refractivity contribution in [3.05, 3.63) is 34.9 Å². The number of likely N-dealkylation sites (tertiary alicyclic amines) is 1. The summed E-state index contributed by atoms with van der Waals surface area (Å²) in [5, 5.41) is 6.52. The monoisotopic (exact) mass is 400 g/mol. The number of alkyl halides is 2. The first-order valence-electron chi connectivity index (χ1n) is 8.47. The molecule has 1 fully saturated rings. The molecule has 7 nitrogen and oxygen atoms in total. The Hall–Kier alpha value is -2.26. The smallest absolute Gasteiger partial charge is 0.387 e. The van der Waals surface area contributed by atoms with Gasteiger partial charge < -0.3 is 14.6 Å². The number of hydrogen-bond donors (Lipinski definition) is 1. The zero-order valence-corrected chi connectivity index (χ0v) is 15.4. The second-order valence-corrected chi connectivity index (χ2v) is 6.71. The average molecular weight is 401 g/mol. The van der Waals surface area contributed by atoms with Crippen LogP contribution in [0, 0.1) is 6.92 Å². The number of anilines is 1. The number of carbonyl (C=O) groups excluding carboxylic acids is 1. The van der Waals surface area contributed by atoms with E-state index >= 15 is 0 Å². The van der Waals surface area contributed by atoms with Gasteiger partial charge in [0.2, 0.25) is 11.8 Å². The maximum absolute atomic E-state index is 12.2. The van der Waals surface area contributed by atoms with E-state index in [-0.39, 0.29) is 29.1 Å². The van der Waals surface area contributed by atoms with Crippen LogP contribution in [0.15, 0.2) is 22.7 Å². The molecule has 1 aliphatic heterocycles. The van der Waals surface area contributed by atoms with Crippen LogP contribution in [-0.2, 0) is 4.79 Å². The molecule has 2 heterocycles. The number of aromatic nitrogens is 2. The third-order valence-corrected chi connectivity index (χ3v) is 4.57. The number of nitrogens with zero attached hydrogens (tertiary/aromatic N) is 3. The molecule has 1 N–H and O–H groups in total. The number of nitrogens with one attached hydrogen (secondary N) is 1. The fourth-order valence-corrected chi connectivity index (χ4v) is 3.22. The van der Waals surface area contributed by atoms with Crippen LogP contribution in [0.2, 0.25) is 5.02 Å². The SMILES string of the molecule is Cc1noc(C2CCN(CC(=O)Nc3ccc(OC(F)F)c(Cl)c3)CC2)n1. The number of amides is 1. The fraction of sp³-hybridized carbons (Fsp3) is 0.471. The van der Waals surface area contributed by atoms with Crippen LogP contribution in [0.25, 0.3) is 0 Å². The molecule has 0 radical (unpaired) electrons. The van der Waals surface area contributed by atoms with Crippen LogP contribution in [0.5, 0.6) is 5.75 Å². The normalized spacial score (nSPS) is 15.9. The minimum Gasteiger partial charge on any atom is -0.433 e. The second kappa shape index (κ2) is 8.62. The highest BCUT2D eigenvalue weighted by Crippen LogP contribution is 2.29. The Balaban J connectivity index is 1.48. The lowest BCUT2D eigenvalue weighted by Crippen LogP contribution is -2.38.